The second kappa shape index (κ2) is 2.84. The maximum Gasteiger partial charge on any atom is 0.267 e. The predicted molar refractivity (Wildman–Crippen MR) is 45.5 cm³/mol. The molecule has 1 aromatic heterocycles. The molecule has 0 bridgehead atoms. The SMILES string of the molecule is CC(C)n1nc(N)cc1C(N)=O. The number of carbonyl (C=O) groups excluding carboxylic acids is 1. The number of carbonyl (C=O) groups is 1. The van der Waals surface area contributed by atoms with E-state index >= 15 is 0 Å². The van der Waals surface area contributed by atoms with Crippen LogP contribution in [0, 0.1) is 0 Å². The minimum Gasteiger partial charge on any atom is -0.382 e. The van der Waals surface area contributed by atoms with Gasteiger partial charge in [-0.15, -0.1) is 0 Å². The molecule has 5 nitrogen and oxygen atoms in total. The lowest BCUT2D eigenvalue weighted by molar-refractivity contribution is 0.0988. The topological polar surface area (TPSA) is 86.9 Å². The van der Waals surface area contributed by atoms with Crippen molar-refractivity contribution in [2.45, 2.75) is 19.9 Å². The molecule has 0 saturated heterocycles. The predicted octanol–water partition coefficient (Wildman–Crippen LogP) is 0.145. The molecule has 0 spiro atoms. The van der Waals surface area contributed by atoms with Gasteiger partial charge in [0.25, 0.3) is 5.91 Å². The highest BCUT2D eigenvalue weighted by Crippen LogP contribution is 2.11. The quantitative estimate of drug-likeness (QED) is 0.658. The third-order valence-corrected chi connectivity index (χ3v) is 1.50. The van der Waals surface area contributed by atoms with Crippen LogP contribution in [0.25, 0.3) is 0 Å². The molecule has 0 aromatic carbocycles. The van der Waals surface area contributed by atoms with Gasteiger partial charge in [-0.1, -0.05) is 0 Å². The molecular formula is C7H12N4O. The zero-order valence-electron chi connectivity index (χ0n) is 7.11. The Hall–Kier alpha value is -1.52. The van der Waals surface area contributed by atoms with Crippen LogP contribution in [0.4, 0.5) is 5.82 Å². The zero-order valence-corrected chi connectivity index (χ0v) is 7.11. The van der Waals surface area contributed by atoms with E-state index in [0.717, 1.165) is 0 Å². The summed E-state index contributed by atoms with van der Waals surface area (Å²) in [6.45, 7) is 3.80. The van der Waals surface area contributed by atoms with E-state index in [2.05, 4.69) is 5.10 Å². The number of nitrogen functional groups attached to an aromatic ring is 1. The van der Waals surface area contributed by atoms with Crippen molar-refractivity contribution in [1.82, 2.24) is 9.78 Å². The van der Waals surface area contributed by atoms with E-state index in [1.807, 2.05) is 13.8 Å². The number of nitrogens with two attached hydrogens (primary N) is 2. The normalized spacial score (nSPS) is 10.6. The summed E-state index contributed by atoms with van der Waals surface area (Å²) in [7, 11) is 0. The Morgan fingerprint density at radius 3 is 2.58 bits per heavy atom. The van der Waals surface area contributed by atoms with Crippen molar-refractivity contribution in [2.24, 2.45) is 5.73 Å². The van der Waals surface area contributed by atoms with Crippen molar-refractivity contribution in [3.63, 3.8) is 0 Å². The van der Waals surface area contributed by atoms with E-state index in [9.17, 15) is 4.79 Å². The second-order valence-electron chi connectivity index (χ2n) is 2.86. The first-order valence-electron chi connectivity index (χ1n) is 3.67. The fourth-order valence-corrected chi connectivity index (χ4v) is 0.991. The molecule has 0 atom stereocenters. The molecule has 66 valence electrons. The lowest BCUT2D eigenvalue weighted by atomic mass is 10.3. The van der Waals surface area contributed by atoms with Gasteiger partial charge < -0.3 is 11.5 Å². The van der Waals surface area contributed by atoms with Crippen LogP contribution in [-0.2, 0) is 0 Å². The van der Waals surface area contributed by atoms with Crippen molar-refractivity contribution in [1.29, 1.82) is 0 Å². The second-order valence-corrected chi connectivity index (χ2v) is 2.86. The number of nitrogens with zero attached hydrogens (tertiary/aromatic N) is 2. The molecule has 0 aliphatic heterocycles. The highest BCUT2D eigenvalue weighted by Gasteiger charge is 2.12. The monoisotopic (exact) mass is 168 g/mol. The Kier molecular flexibility index (Phi) is 2.03. The third kappa shape index (κ3) is 1.39. The van der Waals surface area contributed by atoms with Crippen molar-refractivity contribution in [2.75, 3.05) is 5.73 Å². The van der Waals surface area contributed by atoms with Gasteiger partial charge in [-0.05, 0) is 13.8 Å². The highest BCUT2D eigenvalue weighted by atomic mass is 16.1. The van der Waals surface area contributed by atoms with Crippen LogP contribution in [-0.4, -0.2) is 15.7 Å². The lowest BCUT2D eigenvalue weighted by Gasteiger charge is -2.07. The number of anilines is 1. The van der Waals surface area contributed by atoms with Crippen molar-refractivity contribution in [3.8, 4) is 0 Å². The van der Waals surface area contributed by atoms with Gasteiger partial charge >= 0.3 is 0 Å². The first-order chi connectivity index (χ1) is 5.52. The van der Waals surface area contributed by atoms with E-state index in [1.165, 1.54) is 10.7 Å². The molecule has 1 amide bonds. The summed E-state index contributed by atoms with van der Waals surface area (Å²) in [5.74, 6) is -0.189. The first-order valence-corrected chi connectivity index (χ1v) is 3.67. The molecule has 0 aliphatic rings. The maximum atomic E-state index is 10.8. The average molecular weight is 168 g/mol. The summed E-state index contributed by atoms with van der Waals surface area (Å²) >= 11 is 0. The molecule has 1 aromatic rings. The van der Waals surface area contributed by atoms with Crippen LogP contribution in [0.15, 0.2) is 6.07 Å². The van der Waals surface area contributed by atoms with E-state index in [1.54, 1.807) is 0 Å². The number of hydrogen-bond acceptors (Lipinski definition) is 3. The Morgan fingerprint density at radius 2 is 2.25 bits per heavy atom. The largest absolute Gasteiger partial charge is 0.382 e. The summed E-state index contributed by atoms with van der Waals surface area (Å²) in [5, 5.41) is 3.92. The molecule has 1 heterocycles. The molecule has 0 radical (unpaired) electrons. The average Bonchev–Trinajstić information content (AvgIpc) is 2.31. The highest BCUT2D eigenvalue weighted by molar-refractivity contribution is 5.91. The van der Waals surface area contributed by atoms with E-state index in [4.69, 9.17) is 11.5 Å². The molecule has 0 unspecified atom stereocenters. The van der Waals surface area contributed by atoms with Crippen molar-refractivity contribution >= 4 is 11.7 Å². The van der Waals surface area contributed by atoms with Crippen LogP contribution in [0.3, 0.4) is 0 Å². The first kappa shape index (κ1) is 8.58. The van der Waals surface area contributed by atoms with Crippen LogP contribution in [0.5, 0.6) is 0 Å². The van der Waals surface area contributed by atoms with Crippen LogP contribution in [0.2, 0.25) is 0 Å². The van der Waals surface area contributed by atoms with E-state index in [0.29, 0.717) is 11.5 Å². The van der Waals surface area contributed by atoms with Crippen molar-refractivity contribution in [3.05, 3.63) is 11.8 Å². The van der Waals surface area contributed by atoms with Crippen LogP contribution in [0.1, 0.15) is 30.4 Å². The minimum atomic E-state index is -0.507. The number of rotatable bonds is 2. The molecule has 4 N–H and O–H groups in total. The third-order valence-electron chi connectivity index (χ3n) is 1.50. The zero-order chi connectivity index (χ0) is 9.30. The number of primary amides is 1. The molecule has 1 rings (SSSR count). The van der Waals surface area contributed by atoms with Gasteiger partial charge in [0, 0.05) is 12.1 Å². The summed E-state index contributed by atoms with van der Waals surface area (Å²) in [6.07, 6.45) is 0. The van der Waals surface area contributed by atoms with Gasteiger partial charge in [0.05, 0.1) is 0 Å². The fraction of sp³-hybridized carbons (Fsp3) is 0.429. The van der Waals surface area contributed by atoms with E-state index < -0.39 is 5.91 Å². The van der Waals surface area contributed by atoms with Crippen LogP contribution >= 0.6 is 0 Å². The number of hydrogen-bond donors (Lipinski definition) is 2. The Labute approximate surface area is 70.3 Å². The molecule has 5 heteroatoms. The van der Waals surface area contributed by atoms with Gasteiger partial charge in [0.15, 0.2) is 0 Å². The molecule has 0 saturated carbocycles. The van der Waals surface area contributed by atoms with Gasteiger partial charge in [-0.25, -0.2) is 0 Å². The summed E-state index contributed by atoms with van der Waals surface area (Å²) in [4.78, 5) is 10.8. The number of aromatic nitrogens is 2. The van der Waals surface area contributed by atoms with Crippen molar-refractivity contribution < 1.29 is 4.79 Å². The smallest absolute Gasteiger partial charge is 0.267 e. The van der Waals surface area contributed by atoms with Crippen LogP contribution < -0.4 is 11.5 Å². The fourth-order valence-electron chi connectivity index (χ4n) is 0.991. The van der Waals surface area contributed by atoms with Gasteiger partial charge in [0.1, 0.15) is 11.5 Å². The molecular weight excluding hydrogens is 156 g/mol. The van der Waals surface area contributed by atoms with Gasteiger partial charge in [0.2, 0.25) is 0 Å². The van der Waals surface area contributed by atoms with Gasteiger partial charge in [-0.3, -0.25) is 9.48 Å². The Balaban J connectivity index is 3.17. The lowest BCUT2D eigenvalue weighted by Crippen LogP contribution is -2.18. The summed E-state index contributed by atoms with van der Waals surface area (Å²) in [6, 6.07) is 1.56. The summed E-state index contributed by atoms with van der Waals surface area (Å²) in [5.41, 5.74) is 10.9. The molecule has 12 heavy (non-hydrogen) atoms. The molecule has 0 aliphatic carbocycles. The number of amides is 1. The Bertz CT molecular complexity index is 302. The maximum absolute atomic E-state index is 10.8. The van der Waals surface area contributed by atoms with Gasteiger partial charge in [-0.2, -0.15) is 5.10 Å². The standard InChI is InChI=1S/C7H12N4O/c1-4(2)11-5(7(9)12)3-6(8)10-11/h3-4H,1-2H3,(H2,8,10)(H2,9,12). The molecule has 0 fully saturated rings. The Morgan fingerprint density at radius 1 is 1.67 bits per heavy atom. The minimum absolute atomic E-state index is 0.0878. The van der Waals surface area contributed by atoms with E-state index in [-0.39, 0.29) is 6.04 Å². The summed E-state index contributed by atoms with van der Waals surface area (Å²) < 4.78 is 1.51.